The predicted molar refractivity (Wildman–Crippen MR) is 114 cm³/mol. The van der Waals surface area contributed by atoms with Gasteiger partial charge in [-0.2, -0.15) is 0 Å². The summed E-state index contributed by atoms with van der Waals surface area (Å²) >= 11 is 0. The molecule has 1 aromatic heterocycles. The van der Waals surface area contributed by atoms with Crippen molar-refractivity contribution in [3.05, 3.63) is 96.2 Å². The molecule has 0 aliphatic heterocycles. The highest BCUT2D eigenvalue weighted by atomic mass is 16.7. The number of aromatic amines is 1. The van der Waals surface area contributed by atoms with Crippen molar-refractivity contribution in [1.82, 2.24) is 9.88 Å². The SMILES string of the molecule is COC(=O)OC/C=C/CN(Cc1ccccc1)Cc1ccc(-c2ccccc2)[nH]1. The number of hydrogen-bond donors (Lipinski definition) is 1. The lowest BCUT2D eigenvalue weighted by atomic mass is 10.2. The molecule has 0 saturated carbocycles. The van der Waals surface area contributed by atoms with Gasteiger partial charge in [-0.1, -0.05) is 66.7 Å². The zero-order valence-corrected chi connectivity index (χ0v) is 16.6. The standard InChI is InChI=1S/C24H26N2O3/c1-28-24(27)29-17-9-8-16-26(18-20-10-4-2-5-11-20)19-22-14-15-23(25-22)21-12-6-3-7-13-21/h2-15,25H,16-19H2,1H3/b9-8+. The highest BCUT2D eigenvalue weighted by molar-refractivity contribution is 5.60. The molecule has 2 aromatic carbocycles. The molecule has 5 nitrogen and oxygen atoms in total. The summed E-state index contributed by atoms with van der Waals surface area (Å²) in [5, 5.41) is 0. The van der Waals surface area contributed by atoms with Crippen LogP contribution in [0.2, 0.25) is 0 Å². The molecule has 29 heavy (non-hydrogen) atoms. The van der Waals surface area contributed by atoms with Crippen LogP contribution in [-0.2, 0) is 22.6 Å². The highest BCUT2D eigenvalue weighted by Crippen LogP contribution is 2.19. The van der Waals surface area contributed by atoms with E-state index < -0.39 is 6.16 Å². The summed E-state index contributed by atoms with van der Waals surface area (Å²) in [6, 6.07) is 24.9. The van der Waals surface area contributed by atoms with Crippen molar-refractivity contribution in [2.75, 3.05) is 20.3 Å². The summed E-state index contributed by atoms with van der Waals surface area (Å²) < 4.78 is 9.35. The maximum atomic E-state index is 11.0. The van der Waals surface area contributed by atoms with E-state index in [-0.39, 0.29) is 6.61 Å². The Bertz CT molecular complexity index is 904. The number of aromatic nitrogens is 1. The summed E-state index contributed by atoms with van der Waals surface area (Å²) in [7, 11) is 1.30. The van der Waals surface area contributed by atoms with Crippen LogP contribution >= 0.6 is 0 Å². The first-order chi connectivity index (χ1) is 14.2. The van der Waals surface area contributed by atoms with Crippen molar-refractivity contribution in [3.63, 3.8) is 0 Å². The Balaban J connectivity index is 1.64. The molecule has 3 aromatic rings. The Morgan fingerprint density at radius 2 is 1.66 bits per heavy atom. The Morgan fingerprint density at radius 1 is 0.931 bits per heavy atom. The van der Waals surface area contributed by atoms with Gasteiger partial charge >= 0.3 is 6.16 Å². The normalized spacial score (nSPS) is 11.1. The van der Waals surface area contributed by atoms with Crippen LogP contribution in [0.1, 0.15) is 11.3 Å². The zero-order chi connectivity index (χ0) is 20.3. The number of benzene rings is 2. The number of rotatable bonds is 9. The second-order valence-corrected chi connectivity index (χ2v) is 6.66. The number of ether oxygens (including phenoxy) is 2. The Labute approximate surface area is 171 Å². The molecule has 0 fully saturated rings. The predicted octanol–water partition coefficient (Wildman–Crippen LogP) is 5.02. The van der Waals surface area contributed by atoms with E-state index in [1.807, 2.05) is 36.4 Å². The second-order valence-electron chi connectivity index (χ2n) is 6.66. The minimum Gasteiger partial charge on any atom is -0.438 e. The first-order valence-corrected chi connectivity index (χ1v) is 9.60. The van der Waals surface area contributed by atoms with Crippen molar-refractivity contribution in [2.24, 2.45) is 0 Å². The third kappa shape index (κ3) is 6.66. The van der Waals surface area contributed by atoms with E-state index in [1.54, 1.807) is 0 Å². The first kappa shape index (κ1) is 20.4. The van der Waals surface area contributed by atoms with E-state index in [1.165, 1.54) is 18.2 Å². The average Bonchev–Trinajstić information content (AvgIpc) is 3.23. The molecule has 0 spiro atoms. The van der Waals surface area contributed by atoms with E-state index in [2.05, 4.69) is 63.2 Å². The molecule has 0 bridgehead atoms. The molecule has 0 amide bonds. The molecule has 3 rings (SSSR count). The molecule has 0 atom stereocenters. The largest absolute Gasteiger partial charge is 0.508 e. The fourth-order valence-electron chi connectivity index (χ4n) is 3.05. The lowest BCUT2D eigenvalue weighted by Gasteiger charge is -2.20. The van der Waals surface area contributed by atoms with E-state index in [0.29, 0.717) is 0 Å². The first-order valence-electron chi connectivity index (χ1n) is 9.60. The van der Waals surface area contributed by atoms with Crippen LogP contribution in [0.3, 0.4) is 0 Å². The molecule has 0 aliphatic carbocycles. The van der Waals surface area contributed by atoms with Gasteiger partial charge in [-0.05, 0) is 29.3 Å². The molecular weight excluding hydrogens is 364 g/mol. The van der Waals surface area contributed by atoms with Gasteiger partial charge in [0.1, 0.15) is 6.61 Å². The molecule has 1 N–H and O–H groups in total. The number of carbonyl (C=O) groups is 1. The van der Waals surface area contributed by atoms with Crippen molar-refractivity contribution >= 4 is 6.16 Å². The van der Waals surface area contributed by atoms with Crippen LogP contribution < -0.4 is 0 Å². The third-order valence-electron chi connectivity index (χ3n) is 4.47. The number of nitrogens with zero attached hydrogens (tertiary/aromatic N) is 1. The number of nitrogens with one attached hydrogen (secondary N) is 1. The van der Waals surface area contributed by atoms with Crippen LogP contribution in [0.25, 0.3) is 11.3 Å². The van der Waals surface area contributed by atoms with Gasteiger partial charge < -0.3 is 14.5 Å². The number of H-pyrrole nitrogens is 1. The molecule has 0 radical (unpaired) electrons. The Morgan fingerprint density at radius 3 is 2.38 bits per heavy atom. The number of carbonyl (C=O) groups excluding carboxylic acids is 1. The highest BCUT2D eigenvalue weighted by Gasteiger charge is 2.08. The summed E-state index contributed by atoms with van der Waals surface area (Å²) in [6.45, 7) is 2.54. The van der Waals surface area contributed by atoms with Crippen LogP contribution in [-0.4, -0.2) is 36.3 Å². The maximum absolute atomic E-state index is 11.0. The van der Waals surface area contributed by atoms with E-state index in [0.717, 1.165) is 31.0 Å². The molecule has 1 heterocycles. The van der Waals surface area contributed by atoms with Crippen molar-refractivity contribution in [1.29, 1.82) is 0 Å². The lowest BCUT2D eigenvalue weighted by molar-refractivity contribution is 0.0817. The minimum absolute atomic E-state index is 0.201. The van der Waals surface area contributed by atoms with Crippen molar-refractivity contribution in [3.8, 4) is 11.3 Å². The van der Waals surface area contributed by atoms with Gasteiger partial charge in [0.25, 0.3) is 0 Å². The topological polar surface area (TPSA) is 54.6 Å². The van der Waals surface area contributed by atoms with E-state index >= 15 is 0 Å². The third-order valence-corrected chi connectivity index (χ3v) is 4.47. The van der Waals surface area contributed by atoms with Gasteiger partial charge in [-0.25, -0.2) is 4.79 Å². The number of hydrogen-bond acceptors (Lipinski definition) is 4. The van der Waals surface area contributed by atoms with Crippen LogP contribution in [0.4, 0.5) is 4.79 Å². The summed E-state index contributed by atoms with van der Waals surface area (Å²) in [5.41, 5.74) is 4.69. The van der Waals surface area contributed by atoms with Crippen LogP contribution in [0.15, 0.2) is 84.9 Å². The Kier molecular flexibility index (Phi) is 7.66. The van der Waals surface area contributed by atoms with Gasteiger partial charge in [-0.15, -0.1) is 0 Å². The average molecular weight is 390 g/mol. The minimum atomic E-state index is -0.671. The molecular formula is C24H26N2O3. The fourth-order valence-corrected chi connectivity index (χ4v) is 3.05. The van der Waals surface area contributed by atoms with Gasteiger partial charge in [0.05, 0.1) is 7.11 Å². The summed E-state index contributed by atoms with van der Waals surface area (Å²) in [6.07, 6.45) is 3.17. The van der Waals surface area contributed by atoms with Gasteiger partial charge in [-0.3, -0.25) is 4.90 Å². The number of methoxy groups -OCH3 is 1. The fraction of sp³-hybridized carbons (Fsp3) is 0.208. The molecule has 0 aliphatic rings. The monoisotopic (exact) mass is 390 g/mol. The molecule has 0 saturated heterocycles. The van der Waals surface area contributed by atoms with Crippen LogP contribution in [0.5, 0.6) is 0 Å². The smallest absolute Gasteiger partial charge is 0.438 e. The quantitative estimate of drug-likeness (QED) is 0.412. The Hall–Kier alpha value is -3.31. The van der Waals surface area contributed by atoms with Crippen molar-refractivity contribution < 1.29 is 14.3 Å². The second kappa shape index (κ2) is 10.9. The van der Waals surface area contributed by atoms with Gasteiger partial charge in [0.2, 0.25) is 0 Å². The summed E-state index contributed by atoms with van der Waals surface area (Å²) in [5.74, 6) is 0. The van der Waals surface area contributed by atoms with E-state index in [4.69, 9.17) is 4.74 Å². The summed E-state index contributed by atoms with van der Waals surface area (Å²) in [4.78, 5) is 16.9. The molecule has 5 heteroatoms. The van der Waals surface area contributed by atoms with Crippen LogP contribution in [0, 0.1) is 0 Å². The van der Waals surface area contributed by atoms with E-state index in [9.17, 15) is 4.79 Å². The maximum Gasteiger partial charge on any atom is 0.508 e. The lowest BCUT2D eigenvalue weighted by Crippen LogP contribution is -2.23. The molecule has 0 unspecified atom stereocenters. The van der Waals surface area contributed by atoms with Crippen molar-refractivity contribution in [2.45, 2.75) is 13.1 Å². The zero-order valence-electron chi connectivity index (χ0n) is 16.6. The molecule has 150 valence electrons. The van der Waals surface area contributed by atoms with Gasteiger partial charge in [0, 0.05) is 31.0 Å². The van der Waals surface area contributed by atoms with Gasteiger partial charge in [0.15, 0.2) is 0 Å².